The standard InChI is InChI=1S/C11H16N4/c1-9(4-5-12)15(3)11-6-10(13-2)7-14-8-11/h6-9,13H,4H2,1-3H3. The molecule has 1 N–H and O–H groups in total. The van der Waals surface area contributed by atoms with Gasteiger partial charge in [-0.1, -0.05) is 0 Å². The predicted octanol–water partition coefficient (Wildman–Crippen LogP) is 1.86. The highest BCUT2D eigenvalue weighted by molar-refractivity contribution is 5.55. The summed E-state index contributed by atoms with van der Waals surface area (Å²) in [5.41, 5.74) is 1.99. The molecular formula is C11H16N4. The minimum Gasteiger partial charge on any atom is -0.387 e. The number of rotatable bonds is 4. The van der Waals surface area contributed by atoms with Crippen molar-refractivity contribution in [3.63, 3.8) is 0 Å². The Labute approximate surface area is 90.5 Å². The van der Waals surface area contributed by atoms with Crippen LogP contribution in [0.15, 0.2) is 18.5 Å². The molecule has 1 aromatic rings. The van der Waals surface area contributed by atoms with Crippen LogP contribution in [-0.4, -0.2) is 25.1 Å². The fourth-order valence-corrected chi connectivity index (χ4v) is 1.28. The Balaban J connectivity index is 2.81. The Morgan fingerprint density at radius 1 is 1.60 bits per heavy atom. The molecule has 0 aromatic carbocycles. The molecule has 0 aliphatic carbocycles. The lowest BCUT2D eigenvalue weighted by Gasteiger charge is -2.25. The number of hydrogen-bond donors (Lipinski definition) is 1. The van der Waals surface area contributed by atoms with Crippen LogP contribution >= 0.6 is 0 Å². The van der Waals surface area contributed by atoms with Crippen molar-refractivity contribution in [3.05, 3.63) is 18.5 Å². The zero-order chi connectivity index (χ0) is 11.3. The van der Waals surface area contributed by atoms with Crippen molar-refractivity contribution in [2.24, 2.45) is 0 Å². The van der Waals surface area contributed by atoms with Gasteiger partial charge in [-0.3, -0.25) is 4.98 Å². The summed E-state index contributed by atoms with van der Waals surface area (Å²) in [6.45, 7) is 2.02. The number of pyridine rings is 1. The van der Waals surface area contributed by atoms with E-state index in [0.717, 1.165) is 11.4 Å². The van der Waals surface area contributed by atoms with E-state index in [-0.39, 0.29) is 6.04 Å². The Morgan fingerprint density at radius 2 is 2.33 bits per heavy atom. The summed E-state index contributed by atoms with van der Waals surface area (Å²) in [7, 11) is 3.83. The van der Waals surface area contributed by atoms with Gasteiger partial charge < -0.3 is 10.2 Å². The van der Waals surface area contributed by atoms with Crippen molar-refractivity contribution < 1.29 is 0 Å². The topological polar surface area (TPSA) is 52.0 Å². The van der Waals surface area contributed by atoms with Gasteiger partial charge in [0, 0.05) is 20.1 Å². The summed E-state index contributed by atoms with van der Waals surface area (Å²) < 4.78 is 0. The predicted molar refractivity (Wildman–Crippen MR) is 61.9 cm³/mol. The number of aromatic nitrogens is 1. The van der Waals surface area contributed by atoms with Gasteiger partial charge >= 0.3 is 0 Å². The maximum atomic E-state index is 8.63. The summed E-state index contributed by atoms with van der Waals surface area (Å²) in [6, 6.07) is 4.38. The molecule has 4 nitrogen and oxygen atoms in total. The van der Waals surface area contributed by atoms with E-state index < -0.39 is 0 Å². The number of hydrogen-bond acceptors (Lipinski definition) is 4. The third-order valence-electron chi connectivity index (χ3n) is 2.47. The van der Waals surface area contributed by atoms with Crippen LogP contribution in [0.25, 0.3) is 0 Å². The molecular weight excluding hydrogens is 188 g/mol. The summed E-state index contributed by atoms with van der Waals surface area (Å²) in [5.74, 6) is 0. The van der Waals surface area contributed by atoms with Gasteiger partial charge in [-0.2, -0.15) is 5.26 Å². The number of nitrogens with one attached hydrogen (secondary N) is 1. The minimum atomic E-state index is 0.198. The smallest absolute Gasteiger partial charge is 0.0643 e. The van der Waals surface area contributed by atoms with Gasteiger partial charge in [0.25, 0.3) is 0 Å². The zero-order valence-electron chi connectivity index (χ0n) is 9.36. The molecule has 0 saturated carbocycles. The highest BCUT2D eigenvalue weighted by Crippen LogP contribution is 2.18. The van der Waals surface area contributed by atoms with Gasteiger partial charge in [-0.15, -0.1) is 0 Å². The Bertz CT molecular complexity index is 356. The molecule has 0 amide bonds. The van der Waals surface area contributed by atoms with Crippen molar-refractivity contribution in [3.8, 4) is 6.07 Å². The monoisotopic (exact) mass is 204 g/mol. The van der Waals surface area contributed by atoms with Gasteiger partial charge in [0.1, 0.15) is 0 Å². The van der Waals surface area contributed by atoms with Gasteiger partial charge in [-0.05, 0) is 13.0 Å². The zero-order valence-corrected chi connectivity index (χ0v) is 9.36. The molecule has 1 aromatic heterocycles. The molecule has 1 rings (SSSR count). The third kappa shape index (κ3) is 2.84. The maximum absolute atomic E-state index is 8.63. The normalized spacial score (nSPS) is 11.6. The number of nitrogens with zero attached hydrogens (tertiary/aromatic N) is 3. The van der Waals surface area contributed by atoms with E-state index in [4.69, 9.17) is 5.26 Å². The van der Waals surface area contributed by atoms with Crippen LogP contribution in [0.3, 0.4) is 0 Å². The van der Waals surface area contributed by atoms with Crippen molar-refractivity contribution >= 4 is 11.4 Å². The highest BCUT2D eigenvalue weighted by atomic mass is 15.1. The van der Waals surface area contributed by atoms with Crippen molar-refractivity contribution in [2.75, 3.05) is 24.3 Å². The van der Waals surface area contributed by atoms with Crippen LogP contribution in [0.1, 0.15) is 13.3 Å². The second kappa shape index (κ2) is 5.20. The van der Waals surface area contributed by atoms with Crippen molar-refractivity contribution in [1.29, 1.82) is 5.26 Å². The average Bonchev–Trinajstić information content (AvgIpc) is 2.28. The molecule has 80 valence electrons. The summed E-state index contributed by atoms with van der Waals surface area (Å²) in [6.07, 6.45) is 4.08. The molecule has 0 aliphatic rings. The number of nitriles is 1. The molecule has 1 heterocycles. The van der Waals surface area contributed by atoms with Crippen LogP contribution in [0.2, 0.25) is 0 Å². The quantitative estimate of drug-likeness (QED) is 0.813. The third-order valence-corrected chi connectivity index (χ3v) is 2.47. The van der Waals surface area contributed by atoms with E-state index in [1.165, 1.54) is 0 Å². The van der Waals surface area contributed by atoms with E-state index in [1.54, 1.807) is 12.4 Å². The summed E-state index contributed by atoms with van der Waals surface area (Å²) >= 11 is 0. The largest absolute Gasteiger partial charge is 0.387 e. The maximum Gasteiger partial charge on any atom is 0.0643 e. The number of anilines is 2. The van der Waals surface area contributed by atoms with Crippen LogP contribution < -0.4 is 10.2 Å². The molecule has 15 heavy (non-hydrogen) atoms. The first kappa shape index (κ1) is 11.3. The van der Waals surface area contributed by atoms with E-state index in [0.29, 0.717) is 6.42 Å². The molecule has 1 atom stereocenters. The van der Waals surface area contributed by atoms with E-state index >= 15 is 0 Å². The molecule has 0 spiro atoms. The first-order valence-electron chi connectivity index (χ1n) is 4.91. The van der Waals surface area contributed by atoms with Crippen molar-refractivity contribution in [2.45, 2.75) is 19.4 Å². The first-order chi connectivity index (χ1) is 7.19. The Morgan fingerprint density at radius 3 is 2.93 bits per heavy atom. The van der Waals surface area contributed by atoms with Gasteiger partial charge in [-0.25, -0.2) is 0 Å². The lowest BCUT2D eigenvalue weighted by atomic mass is 10.2. The van der Waals surface area contributed by atoms with Crippen LogP contribution in [0.4, 0.5) is 11.4 Å². The lowest BCUT2D eigenvalue weighted by Crippen LogP contribution is -2.28. The van der Waals surface area contributed by atoms with Crippen molar-refractivity contribution in [1.82, 2.24) is 4.98 Å². The highest BCUT2D eigenvalue weighted by Gasteiger charge is 2.09. The van der Waals surface area contributed by atoms with E-state index in [2.05, 4.69) is 21.3 Å². The molecule has 0 aliphatic heterocycles. The molecule has 0 bridgehead atoms. The van der Waals surface area contributed by atoms with Crippen LogP contribution in [-0.2, 0) is 0 Å². The summed E-state index contributed by atoms with van der Waals surface area (Å²) in [4.78, 5) is 6.18. The van der Waals surface area contributed by atoms with Gasteiger partial charge in [0.15, 0.2) is 0 Å². The average molecular weight is 204 g/mol. The van der Waals surface area contributed by atoms with Gasteiger partial charge in [0.2, 0.25) is 0 Å². The Kier molecular flexibility index (Phi) is 3.92. The molecule has 0 saturated heterocycles. The lowest BCUT2D eigenvalue weighted by molar-refractivity contribution is 0.701. The molecule has 1 unspecified atom stereocenters. The fourth-order valence-electron chi connectivity index (χ4n) is 1.28. The molecule has 0 fully saturated rings. The van der Waals surface area contributed by atoms with E-state index in [1.807, 2.05) is 27.1 Å². The van der Waals surface area contributed by atoms with Crippen LogP contribution in [0.5, 0.6) is 0 Å². The fraction of sp³-hybridized carbons (Fsp3) is 0.455. The second-order valence-corrected chi connectivity index (χ2v) is 3.50. The Hall–Kier alpha value is -1.76. The minimum absolute atomic E-state index is 0.198. The molecule has 0 radical (unpaired) electrons. The SMILES string of the molecule is CNc1cncc(N(C)C(C)CC#N)c1. The van der Waals surface area contributed by atoms with Gasteiger partial charge in [0.05, 0.1) is 36.3 Å². The first-order valence-corrected chi connectivity index (χ1v) is 4.91. The summed E-state index contributed by atoms with van der Waals surface area (Å²) in [5, 5.41) is 11.7. The van der Waals surface area contributed by atoms with Crippen LogP contribution in [0, 0.1) is 11.3 Å². The van der Waals surface area contributed by atoms with E-state index in [9.17, 15) is 0 Å². The second-order valence-electron chi connectivity index (χ2n) is 3.50. The molecule has 4 heteroatoms.